The lowest BCUT2D eigenvalue weighted by Crippen LogP contribution is -2.36. The summed E-state index contributed by atoms with van der Waals surface area (Å²) in [6, 6.07) is 7.73. The van der Waals surface area contributed by atoms with Gasteiger partial charge in [-0.25, -0.2) is 4.98 Å². The van der Waals surface area contributed by atoms with Gasteiger partial charge in [0.15, 0.2) is 5.96 Å². The van der Waals surface area contributed by atoms with Crippen LogP contribution in [0.5, 0.6) is 0 Å². The van der Waals surface area contributed by atoms with Crippen molar-refractivity contribution in [3.8, 4) is 0 Å². The molecule has 0 aliphatic carbocycles. The predicted molar refractivity (Wildman–Crippen MR) is 132 cm³/mol. The zero-order chi connectivity index (χ0) is 20.5. The molecule has 0 spiro atoms. The maximum atomic E-state index is 12.4. The standard InChI is InChI=1S/C21H31N5OS.HI/c1-6-26(7-2)20(27)17-10-8-16(9-11-17)12-23-21(22-5)24-13-19-25-18(14-28-19)15(3)4;/h8-11,14-15H,6-7,12-13H2,1-5H3,(H2,22,23,24);1H. The van der Waals surface area contributed by atoms with Crippen LogP contribution in [0.1, 0.15) is 60.2 Å². The molecule has 0 unspecified atom stereocenters. The van der Waals surface area contributed by atoms with E-state index in [2.05, 4.69) is 39.8 Å². The van der Waals surface area contributed by atoms with Gasteiger partial charge in [-0.15, -0.1) is 35.3 Å². The lowest BCUT2D eigenvalue weighted by atomic mass is 10.1. The maximum absolute atomic E-state index is 12.4. The minimum atomic E-state index is 0. The van der Waals surface area contributed by atoms with Crippen molar-refractivity contribution in [1.29, 1.82) is 0 Å². The van der Waals surface area contributed by atoms with E-state index < -0.39 is 0 Å². The molecular weight excluding hydrogens is 497 g/mol. The Bertz CT molecular complexity index is 785. The van der Waals surface area contributed by atoms with Crippen LogP contribution >= 0.6 is 35.3 Å². The normalized spacial score (nSPS) is 11.2. The summed E-state index contributed by atoms with van der Waals surface area (Å²) >= 11 is 1.66. The van der Waals surface area contributed by atoms with Crippen LogP contribution in [0.4, 0.5) is 0 Å². The number of hydrogen-bond donors (Lipinski definition) is 2. The molecule has 0 saturated heterocycles. The number of thiazole rings is 1. The number of aromatic nitrogens is 1. The first-order valence-corrected chi connectivity index (χ1v) is 10.6. The molecule has 2 N–H and O–H groups in total. The van der Waals surface area contributed by atoms with E-state index in [4.69, 9.17) is 0 Å². The summed E-state index contributed by atoms with van der Waals surface area (Å²) in [6.07, 6.45) is 0. The second-order valence-electron chi connectivity index (χ2n) is 6.77. The van der Waals surface area contributed by atoms with Crippen molar-refractivity contribution in [2.45, 2.75) is 46.7 Å². The predicted octanol–water partition coefficient (Wildman–Crippen LogP) is 4.23. The van der Waals surface area contributed by atoms with E-state index in [-0.39, 0.29) is 29.9 Å². The van der Waals surface area contributed by atoms with Crippen LogP contribution in [0.25, 0.3) is 0 Å². The largest absolute Gasteiger partial charge is 0.352 e. The number of hydrogen-bond acceptors (Lipinski definition) is 4. The number of halogens is 1. The van der Waals surface area contributed by atoms with Gasteiger partial charge in [0, 0.05) is 37.6 Å². The molecule has 0 bridgehead atoms. The van der Waals surface area contributed by atoms with Gasteiger partial charge in [-0.05, 0) is 37.5 Å². The molecule has 160 valence electrons. The Balaban J connectivity index is 0.00000420. The molecule has 0 fully saturated rings. The van der Waals surface area contributed by atoms with Gasteiger partial charge < -0.3 is 15.5 Å². The van der Waals surface area contributed by atoms with E-state index in [0.717, 1.165) is 40.9 Å². The Hall–Kier alpha value is -1.68. The molecule has 0 aliphatic heterocycles. The lowest BCUT2D eigenvalue weighted by molar-refractivity contribution is 0.0773. The molecule has 0 aliphatic rings. The molecule has 6 nitrogen and oxygen atoms in total. The highest BCUT2D eigenvalue weighted by molar-refractivity contribution is 14.0. The van der Waals surface area contributed by atoms with Crippen LogP contribution in [0.2, 0.25) is 0 Å². The molecule has 1 amide bonds. The first kappa shape index (κ1) is 25.4. The molecule has 2 rings (SSSR count). The van der Waals surface area contributed by atoms with E-state index in [1.54, 1.807) is 18.4 Å². The number of benzene rings is 1. The van der Waals surface area contributed by atoms with Gasteiger partial charge in [-0.3, -0.25) is 9.79 Å². The molecule has 0 radical (unpaired) electrons. The monoisotopic (exact) mass is 529 g/mol. The molecule has 1 aromatic carbocycles. The van der Waals surface area contributed by atoms with Crippen molar-refractivity contribution >= 4 is 47.2 Å². The Labute approximate surface area is 195 Å². The fraction of sp³-hybridized carbons (Fsp3) is 0.476. The molecule has 8 heteroatoms. The van der Waals surface area contributed by atoms with Crippen LogP contribution in [0.3, 0.4) is 0 Å². The number of guanidine groups is 1. The minimum absolute atomic E-state index is 0. The van der Waals surface area contributed by atoms with Crippen molar-refractivity contribution in [1.82, 2.24) is 20.5 Å². The summed E-state index contributed by atoms with van der Waals surface area (Å²) in [5, 5.41) is 9.75. The third kappa shape index (κ3) is 7.58. The zero-order valence-electron chi connectivity index (χ0n) is 17.9. The number of amides is 1. The Morgan fingerprint density at radius 1 is 1.14 bits per heavy atom. The van der Waals surface area contributed by atoms with Gasteiger partial charge in [0.2, 0.25) is 0 Å². The third-order valence-corrected chi connectivity index (χ3v) is 5.37. The maximum Gasteiger partial charge on any atom is 0.253 e. The Morgan fingerprint density at radius 2 is 1.76 bits per heavy atom. The lowest BCUT2D eigenvalue weighted by Gasteiger charge is -2.18. The summed E-state index contributed by atoms with van der Waals surface area (Å²) in [7, 11) is 1.75. The van der Waals surface area contributed by atoms with E-state index in [1.807, 2.05) is 43.0 Å². The second-order valence-corrected chi connectivity index (χ2v) is 7.72. The zero-order valence-corrected chi connectivity index (χ0v) is 21.0. The molecule has 1 heterocycles. The molecular formula is C21H32IN5OS. The highest BCUT2D eigenvalue weighted by Crippen LogP contribution is 2.17. The van der Waals surface area contributed by atoms with E-state index in [0.29, 0.717) is 19.0 Å². The Morgan fingerprint density at radius 3 is 2.28 bits per heavy atom. The average Bonchev–Trinajstić information content (AvgIpc) is 3.19. The second kappa shape index (κ2) is 12.8. The number of nitrogens with zero attached hydrogens (tertiary/aromatic N) is 3. The average molecular weight is 529 g/mol. The smallest absolute Gasteiger partial charge is 0.253 e. The number of rotatable bonds is 8. The SMILES string of the molecule is CCN(CC)C(=O)c1ccc(CNC(=NC)NCc2nc(C(C)C)cs2)cc1.I. The number of aliphatic imine (C=N–C) groups is 1. The minimum Gasteiger partial charge on any atom is -0.352 e. The van der Waals surface area contributed by atoms with E-state index in [1.165, 1.54) is 0 Å². The summed E-state index contributed by atoms with van der Waals surface area (Å²) in [4.78, 5) is 23.1. The van der Waals surface area contributed by atoms with Gasteiger partial charge in [0.25, 0.3) is 5.91 Å². The van der Waals surface area contributed by atoms with Crippen molar-refractivity contribution in [3.05, 3.63) is 51.5 Å². The number of nitrogens with one attached hydrogen (secondary N) is 2. The van der Waals surface area contributed by atoms with Crippen molar-refractivity contribution < 1.29 is 4.79 Å². The van der Waals surface area contributed by atoms with Gasteiger partial charge in [-0.2, -0.15) is 0 Å². The summed E-state index contributed by atoms with van der Waals surface area (Å²) in [5.74, 6) is 1.25. The molecule has 29 heavy (non-hydrogen) atoms. The summed E-state index contributed by atoms with van der Waals surface area (Å²) in [6.45, 7) is 11.0. The van der Waals surface area contributed by atoms with Crippen molar-refractivity contribution in [2.75, 3.05) is 20.1 Å². The number of carbonyl (C=O) groups is 1. The van der Waals surface area contributed by atoms with Gasteiger partial charge >= 0.3 is 0 Å². The highest BCUT2D eigenvalue weighted by atomic mass is 127. The quantitative estimate of drug-likeness (QED) is 0.305. The first-order valence-electron chi connectivity index (χ1n) is 9.75. The summed E-state index contributed by atoms with van der Waals surface area (Å²) < 4.78 is 0. The van der Waals surface area contributed by atoms with Crippen LogP contribution in [0, 0.1) is 0 Å². The molecule has 0 saturated carbocycles. The topological polar surface area (TPSA) is 69.6 Å². The molecule has 1 aromatic heterocycles. The van der Waals surface area contributed by atoms with Gasteiger partial charge in [-0.1, -0.05) is 26.0 Å². The first-order chi connectivity index (χ1) is 13.5. The van der Waals surface area contributed by atoms with Crippen LogP contribution in [0.15, 0.2) is 34.6 Å². The Kier molecular flexibility index (Phi) is 11.2. The molecule has 0 atom stereocenters. The van der Waals surface area contributed by atoms with Crippen LogP contribution < -0.4 is 10.6 Å². The van der Waals surface area contributed by atoms with Crippen LogP contribution in [-0.2, 0) is 13.1 Å². The van der Waals surface area contributed by atoms with Crippen LogP contribution in [-0.4, -0.2) is 41.9 Å². The highest BCUT2D eigenvalue weighted by Gasteiger charge is 2.12. The summed E-state index contributed by atoms with van der Waals surface area (Å²) in [5.41, 5.74) is 2.94. The van der Waals surface area contributed by atoms with E-state index >= 15 is 0 Å². The van der Waals surface area contributed by atoms with Crippen molar-refractivity contribution in [2.24, 2.45) is 4.99 Å². The number of carbonyl (C=O) groups excluding carboxylic acids is 1. The van der Waals surface area contributed by atoms with E-state index in [9.17, 15) is 4.79 Å². The van der Waals surface area contributed by atoms with Gasteiger partial charge in [0.1, 0.15) is 5.01 Å². The third-order valence-electron chi connectivity index (χ3n) is 4.50. The van der Waals surface area contributed by atoms with Crippen molar-refractivity contribution in [3.63, 3.8) is 0 Å². The fourth-order valence-electron chi connectivity index (χ4n) is 2.70. The van der Waals surface area contributed by atoms with Gasteiger partial charge in [0.05, 0.1) is 12.2 Å². The fourth-order valence-corrected chi connectivity index (χ4v) is 3.59. The molecule has 2 aromatic rings.